The molecule has 1 atom stereocenters. The van der Waals surface area contributed by atoms with E-state index in [0.29, 0.717) is 18.4 Å². The second kappa shape index (κ2) is 7.22. The van der Waals surface area contributed by atoms with Crippen LogP contribution >= 0.6 is 0 Å². The summed E-state index contributed by atoms with van der Waals surface area (Å²) in [6, 6.07) is 12.6. The SMILES string of the molecule is O=C(CCc1ccccc1F)N[C@@H]1CCN(c2ccccn2)C1. The molecular weight excluding hydrogens is 293 g/mol. The van der Waals surface area contributed by atoms with Crippen LogP contribution in [0.2, 0.25) is 0 Å². The molecule has 2 heterocycles. The Morgan fingerprint density at radius 1 is 1.26 bits per heavy atom. The van der Waals surface area contributed by atoms with E-state index < -0.39 is 0 Å². The molecule has 1 fully saturated rings. The van der Waals surface area contributed by atoms with Gasteiger partial charge >= 0.3 is 0 Å². The number of halogens is 1. The molecule has 1 N–H and O–H groups in total. The zero-order chi connectivity index (χ0) is 16.1. The number of hydrogen-bond donors (Lipinski definition) is 1. The van der Waals surface area contributed by atoms with Gasteiger partial charge in [0.15, 0.2) is 0 Å². The fourth-order valence-corrected chi connectivity index (χ4v) is 2.88. The molecule has 2 aromatic rings. The summed E-state index contributed by atoms with van der Waals surface area (Å²) in [5, 5.41) is 3.04. The highest BCUT2D eigenvalue weighted by Gasteiger charge is 2.24. The number of pyridine rings is 1. The summed E-state index contributed by atoms with van der Waals surface area (Å²) in [7, 11) is 0. The summed E-state index contributed by atoms with van der Waals surface area (Å²) in [6.07, 6.45) is 3.41. The zero-order valence-electron chi connectivity index (χ0n) is 12.9. The van der Waals surface area contributed by atoms with E-state index >= 15 is 0 Å². The van der Waals surface area contributed by atoms with Gasteiger partial charge in [0.25, 0.3) is 0 Å². The lowest BCUT2D eigenvalue weighted by molar-refractivity contribution is -0.121. The first kappa shape index (κ1) is 15.5. The minimum atomic E-state index is -0.248. The number of nitrogens with one attached hydrogen (secondary N) is 1. The predicted octanol–water partition coefficient (Wildman–Crippen LogP) is 2.55. The van der Waals surface area contributed by atoms with Crippen LogP contribution in [0.5, 0.6) is 0 Å². The number of hydrogen-bond acceptors (Lipinski definition) is 3. The summed E-state index contributed by atoms with van der Waals surface area (Å²) in [5.41, 5.74) is 0.587. The van der Waals surface area contributed by atoms with Crippen molar-refractivity contribution in [2.45, 2.75) is 25.3 Å². The van der Waals surface area contributed by atoms with Gasteiger partial charge in [0.1, 0.15) is 11.6 Å². The van der Waals surface area contributed by atoms with E-state index in [4.69, 9.17) is 0 Å². The summed E-state index contributed by atoms with van der Waals surface area (Å²) >= 11 is 0. The van der Waals surface area contributed by atoms with Gasteiger partial charge in [-0.3, -0.25) is 4.79 Å². The van der Waals surface area contributed by atoms with Crippen LogP contribution in [-0.2, 0) is 11.2 Å². The van der Waals surface area contributed by atoms with E-state index in [1.807, 2.05) is 18.2 Å². The van der Waals surface area contributed by atoms with Crippen LogP contribution in [-0.4, -0.2) is 30.0 Å². The van der Waals surface area contributed by atoms with Crippen LogP contribution in [0.25, 0.3) is 0 Å². The molecule has 0 aliphatic carbocycles. The van der Waals surface area contributed by atoms with E-state index in [1.54, 1.807) is 24.4 Å². The Bertz CT molecular complexity index is 662. The Labute approximate surface area is 135 Å². The maximum atomic E-state index is 13.5. The van der Waals surface area contributed by atoms with Gasteiger partial charge in [0.2, 0.25) is 5.91 Å². The van der Waals surface area contributed by atoms with Gasteiger partial charge in [-0.25, -0.2) is 9.37 Å². The number of rotatable bonds is 5. The van der Waals surface area contributed by atoms with E-state index in [2.05, 4.69) is 15.2 Å². The summed E-state index contributed by atoms with van der Waals surface area (Å²) in [4.78, 5) is 18.6. The van der Waals surface area contributed by atoms with Gasteiger partial charge in [-0.1, -0.05) is 24.3 Å². The van der Waals surface area contributed by atoms with Crippen LogP contribution in [0.4, 0.5) is 10.2 Å². The maximum absolute atomic E-state index is 13.5. The lowest BCUT2D eigenvalue weighted by Crippen LogP contribution is -2.37. The lowest BCUT2D eigenvalue weighted by atomic mass is 10.1. The third-order valence-electron chi connectivity index (χ3n) is 4.11. The van der Waals surface area contributed by atoms with Gasteiger partial charge in [-0.2, -0.15) is 0 Å². The van der Waals surface area contributed by atoms with Crippen molar-refractivity contribution >= 4 is 11.7 Å². The summed E-state index contributed by atoms with van der Waals surface area (Å²) < 4.78 is 13.5. The third kappa shape index (κ3) is 4.06. The Kier molecular flexibility index (Phi) is 4.86. The van der Waals surface area contributed by atoms with Gasteiger partial charge < -0.3 is 10.2 Å². The number of carbonyl (C=O) groups is 1. The molecule has 1 aromatic heterocycles. The molecule has 3 rings (SSSR count). The first-order chi connectivity index (χ1) is 11.2. The van der Waals surface area contributed by atoms with Gasteiger partial charge in [0, 0.05) is 31.7 Å². The molecule has 1 amide bonds. The number of anilines is 1. The number of aryl methyl sites for hydroxylation is 1. The van der Waals surface area contributed by atoms with E-state index in [-0.39, 0.29) is 17.8 Å². The monoisotopic (exact) mass is 313 g/mol. The van der Waals surface area contributed by atoms with Gasteiger partial charge in [-0.05, 0) is 36.6 Å². The Hall–Kier alpha value is -2.43. The molecule has 0 unspecified atom stereocenters. The number of aromatic nitrogens is 1. The molecule has 4 nitrogen and oxygen atoms in total. The average molecular weight is 313 g/mol. The van der Waals surface area contributed by atoms with Crippen LogP contribution in [0.3, 0.4) is 0 Å². The highest BCUT2D eigenvalue weighted by atomic mass is 19.1. The van der Waals surface area contributed by atoms with Crippen LogP contribution in [0.1, 0.15) is 18.4 Å². The number of amides is 1. The highest BCUT2D eigenvalue weighted by Crippen LogP contribution is 2.17. The van der Waals surface area contributed by atoms with Crippen molar-refractivity contribution in [2.24, 2.45) is 0 Å². The van der Waals surface area contributed by atoms with Crippen LogP contribution < -0.4 is 10.2 Å². The molecule has 1 aliphatic rings. The maximum Gasteiger partial charge on any atom is 0.220 e. The zero-order valence-corrected chi connectivity index (χ0v) is 12.9. The standard InChI is InChI=1S/C18H20FN3O/c19-16-6-2-1-5-14(16)8-9-18(23)21-15-10-12-22(13-15)17-7-3-4-11-20-17/h1-7,11,15H,8-10,12-13H2,(H,21,23)/t15-/m1/s1. The quantitative estimate of drug-likeness (QED) is 0.923. The molecule has 0 radical (unpaired) electrons. The molecule has 0 bridgehead atoms. The van der Waals surface area contributed by atoms with Crippen molar-refractivity contribution in [3.63, 3.8) is 0 Å². The molecule has 1 saturated heterocycles. The van der Waals surface area contributed by atoms with Gasteiger partial charge in [0.05, 0.1) is 0 Å². The van der Waals surface area contributed by atoms with Crippen molar-refractivity contribution in [1.82, 2.24) is 10.3 Å². The van der Waals surface area contributed by atoms with E-state index in [9.17, 15) is 9.18 Å². The number of carbonyl (C=O) groups excluding carboxylic acids is 1. The minimum absolute atomic E-state index is 0.0267. The minimum Gasteiger partial charge on any atom is -0.354 e. The molecule has 1 aliphatic heterocycles. The van der Waals surface area contributed by atoms with Crippen molar-refractivity contribution in [3.05, 3.63) is 60.0 Å². The molecule has 1 aromatic carbocycles. The Balaban J connectivity index is 1.47. The lowest BCUT2D eigenvalue weighted by Gasteiger charge is -2.17. The largest absolute Gasteiger partial charge is 0.354 e. The van der Waals surface area contributed by atoms with E-state index in [1.165, 1.54) is 6.07 Å². The molecule has 5 heteroatoms. The van der Waals surface area contributed by atoms with Gasteiger partial charge in [-0.15, -0.1) is 0 Å². The fourth-order valence-electron chi connectivity index (χ4n) is 2.88. The summed E-state index contributed by atoms with van der Waals surface area (Å²) in [5.74, 6) is 0.666. The second-order valence-electron chi connectivity index (χ2n) is 5.78. The van der Waals surface area contributed by atoms with E-state index in [0.717, 1.165) is 25.3 Å². The highest BCUT2D eigenvalue weighted by molar-refractivity contribution is 5.76. The number of benzene rings is 1. The van der Waals surface area contributed by atoms with Crippen molar-refractivity contribution in [3.8, 4) is 0 Å². The second-order valence-corrected chi connectivity index (χ2v) is 5.78. The topological polar surface area (TPSA) is 45.2 Å². The Morgan fingerprint density at radius 2 is 2.09 bits per heavy atom. The molecule has 0 spiro atoms. The fraction of sp³-hybridized carbons (Fsp3) is 0.333. The third-order valence-corrected chi connectivity index (χ3v) is 4.11. The van der Waals surface area contributed by atoms with Crippen molar-refractivity contribution in [1.29, 1.82) is 0 Å². The molecule has 0 saturated carbocycles. The van der Waals surface area contributed by atoms with Crippen LogP contribution in [0.15, 0.2) is 48.7 Å². The predicted molar refractivity (Wildman–Crippen MR) is 87.7 cm³/mol. The van der Waals surface area contributed by atoms with Crippen molar-refractivity contribution in [2.75, 3.05) is 18.0 Å². The van der Waals surface area contributed by atoms with Crippen LogP contribution in [0, 0.1) is 5.82 Å². The molecule has 120 valence electrons. The average Bonchev–Trinajstić information content (AvgIpc) is 3.03. The smallest absolute Gasteiger partial charge is 0.220 e. The summed E-state index contributed by atoms with van der Waals surface area (Å²) in [6.45, 7) is 1.65. The molecular formula is C18H20FN3O. The first-order valence-corrected chi connectivity index (χ1v) is 7.91. The van der Waals surface area contributed by atoms with Crippen molar-refractivity contribution < 1.29 is 9.18 Å². The normalized spacial score (nSPS) is 17.3. The first-order valence-electron chi connectivity index (χ1n) is 7.91. The number of nitrogens with zero attached hydrogens (tertiary/aromatic N) is 2. The molecule has 23 heavy (non-hydrogen) atoms. The Morgan fingerprint density at radius 3 is 2.87 bits per heavy atom.